The van der Waals surface area contributed by atoms with Crippen molar-refractivity contribution in [2.45, 2.75) is 6.18 Å². The van der Waals surface area contributed by atoms with E-state index in [0.29, 0.717) is 0 Å². The molecule has 0 aliphatic heterocycles. The first-order valence-electron chi connectivity index (χ1n) is 4.11. The minimum atomic E-state index is -4.56. The number of hydrogen-bond acceptors (Lipinski definition) is 2. The monoisotopic (exact) mass is 218 g/mol. The first kappa shape index (κ1) is 11.6. The predicted molar refractivity (Wildman–Crippen MR) is 49.2 cm³/mol. The van der Waals surface area contributed by atoms with Gasteiger partial charge in [0, 0.05) is 0 Å². The van der Waals surface area contributed by atoms with Gasteiger partial charge in [0.25, 0.3) is 0 Å². The van der Waals surface area contributed by atoms with Crippen molar-refractivity contribution in [1.29, 1.82) is 0 Å². The number of aliphatic hydroxyl groups excluding tert-OH is 1. The maximum absolute atomic E-state index is 12.2. The van der Waals surface area contributed by atoms with E-state index in [-0.39, 0.29) is 11.3 Å². The van der Waals surface area contributed by atoms with Gasteiger partial charge in [-0.1, -0.05) is 12.1 Å². The van der Waals surface area contributed by atoms with Crippen molar-refractivity contribution in [3.05, 3.63) is 35.4 Å². The van der Waals surface area contributed by atoms with E-state index in [1.165, 1.54) is 24.3 Å². The molecule has 0 radical (unpaired) electrons. The van der Waals surface area contributed by atoms with Gasteiger partial charge in [-0.15, -0.1) is 0 Å². The zero-order valence-corrected chi connectivity index (χ0v) is 7.62. The number of benzene rings is 1. The molecule has 1 rings (SSSR count). The lowest BCUT2D eigenvalue weighted by atomic mass is 10.1. The lowest BCUT2D eigenvalue weighted by Crippen LogP contribution is -2.14. The number of rotatable bonds is 2. The van der Waals surface area contributed by atoms with Gasteiger partial charge in [-0.25, -0.2) is 0 Å². The zero-order chi connectivity index (χ0) is 11.5. The lowest BCUT2D eigenvalue weighted by Gasteiger charge is -2.08. The molecule has 0 heterocycles. The largest absolute Gasteiger partial charge is 0.508 e. The molecular formula is C10H9F3O2. The Hall–Kier alpha value is -1.49. The number of halogens is 3. The molecule has 0 saturated carbocycles. The van der Waals surface area contributed by atoms with Gasteiger partial charge in [0.1, 0.15) is 5.75 Å². The highest BCUT2D eigenvalue weighted by Crippen LogP contribution is 2.27. The van der Waals surface area contributed by atoms with Crippen LogP contribution in [0.4, 0.5) is 13.2 Å². The van der Waals surface area contributed by atoms with Crippen LogP contribution in [0, 0.1) is 0 Å². The molecule has 1 aromatic rings. The fourth-order valence-corrected chi connectivity index (χ4v) is 1.03. The third-order valence-electron chi connectivity index (χ3n) is 1.75. The Bertz CT molecular complexity index is 369. The molecule has 0 atom stereocenters. The van der Waals surface area contributed by atoms with Gasteiger partial charge < -0.3 is 10.2 Å². The second-order valence-corrected chi connectivity index (χ2v) is 2.92. The lowest BCUT2D eigenvalue weighted by molar-refractivity contribution is -0.0964. The summed E-state index contributed by atoms with van der Waals surface area (Å²) < 4.78 is 36.6. The molecule has 0 unspecified atom stereocenters. The van der Waals surface area contributed by atoms with Gasteiger partial charge in [-0.3, -0.25) is 0 Å². The second-order valence-electron chi connectivity index (χ2n) is 2.92. The molecule has 0 amide bonds. The van der Waals surface area contributed by atoms with Crippen LogP contribution in [0.15, 0.2) is 29.8 Å². The molecule has 0 saturated heterocycles. The van der Waals surface area contributed by atoms with E-state index in [4.69, 9.17) is 10.2 Å². The molecule has 0 aliphatic rings. The Kier molecular flexibility index (Phi) is 3.36. The van der Waals surface area contributed by atoms with Crippen LogP contribution < -0.4 is 0 Å². The smallest absolute Gasteiger partial charge is 0.414 e. The third kappa shape index (κ3) is 3.28. The normalized spacial score (nSPS) is 12.9. The minimum absolute atomic E-state index is 0.122. The molecule has 15 heavy (non-hydrogen) atoms. The Morgan fingerprint density at radius 3 is 2.47 bits per heavy atom. The zero-order valence-electron chi connectivity index (χ0n) is 7.62. The van der Waals surface area contributed by atoms with Crippen molar-refractivity contribution >= 4 is 6.08 Å². The second kappa shape index (κ2) is 4.35. The summed E-state index contributed by atoms with van der Waals surface area (Å²) in [5.41, 5.74) is -0.857. The van der Waals surface area contributed by atoms with Crippen LogP contribution in [0.1, 0.15) is 5.56 Å². The van der Waals surface area contributed by atoms with Crippen LogP contribution in [-0.2, 0) is 0 Å². The summed E-state index contributed by atoms with van der Waals surface area (Å²) >= 11 is 0. The number of aromatic hydroxyl groups is 1. The molecule has 2 nitrogen and oxygen atoms in total. The van der Waals surface area contributed by atoms with Gasteiger partial charge >= 0.3 is 6.18 Å². The Labute approximate surface area is 84.3 Å². The Balaban J connectivity index is 3.04. The number of alkyl halides is 3. The standard InChI is InChI=1S/C10H9F3O2/c11-10(12,13)8(6-14)4-7-2-1-3-9(15)5-7/h1-5,14-15H,6H2/b8-4+. The number of phenolic OH excluding ortho intramolecular Hbond substituents is 1. The van der Waals surface area contributed by atoms with E-state index in [9.17, 15) is 13.2 Å². The first-order valence-corrected chi connectivity index (χ1v) is 4.11. The Morgan fingerprint density at radius 1 is 1.33 bits per heavy atom. The van der Waals surface area contributed by atoms with Crippen LogP contribution in [0.25, 0.3) is 6.08 Å². The van der Waals surface area contributed by atoms with Gasteiger partial charge in [-0.2, -0.15) is 13.2 Å². The van der Waals surface area contributed by atoms with Crippen LogP contribution in [0.3, 0.4) is 0 Å². The summed E-state index contributed by atoms with van der Waals surface area (Å²) in [5.74, 6) is -0.122. The molecule has 82 valence electrons. The van der Waals surface area contributed by atoms with Crippen LogP contribution in [-0.4, -0.2) is 23.0 Å². The average Bonchev–Trinajstić information content (AvgIpc) is 2.12. The fourth-order valence-electron chi connectivity index (χ4n) is 1.03. The molecule has 0 aliphatic carbocycles. The molecule has 1 aromatic carbocycles. The quantitative estimate of drug-likeness (QED) is 0.799. The van der Waals surface area contributed by atoms with Crippen molar-refractivity contribution in [2.75, 3.05) is 6.61 Å². The van der Waals surface area contributed by atoms with E-state index in [2.05, 4.69) is 0 Å². The molecule has 5 heteroatoms. The summed E-state index contributed by atoms with van der Waals surface area (Å²) in [4.78, 5) is 0. The van der Waals surface area contributed by atoms with E-state index >= 15 is 0 Å². The number of phenols is 1. The summed E-state index contributed by atoms with van der Waals surface area (Å²) in [5, 5.41) is 17.6. The fraction of sp³-hybridized carbons (Fsp3) is 0.200. The summed E-state index contributed by atoms with van der Waals surface area (Å²) in [6, 6.07) is 5.36. The van der Waals surface area contributed by atoms with Gasteiger partial charge in [0.2, 0.25) is 0 Å². The van der Waals surface area contributed by atoms with Crippen LogP contribution in [0.2, 0.25) is 0 Å². The average molecular weight is 218 g/mol. The van der Waals surface area contributed by atoms with Gasteiger partial charge in [0.15, 0.2) is 0 Å². The van der Waals surface area contributed by atoms with E-state index in [1.807, 2.05) is 0 Å². The maximum atomic E-state index is 12.2. The highest BCUT2D eigenvalue weighted by atomic mass is 19.4. The summed E-state index contributed by atoms with van der Waals surface area (Å²) in [6.07, 6.45) is -3.76. The molecule has 0 aromatic heterocycles. The summed E-state index contributed by atoms with van der Waals surface area (Å²) in [6.45, 7) is -1.08. The number of aliphatic hydroxyl groups is 1. The predicted octanol–water partition coefficient (Wildman–Crippen LogP) is 2.33. The molecule has 0 fully saturated rings. The minimum Gasteiger partial charge on any atom is -0.508 e. The third-order valence-corrected chi connectivity index (χ3v) is 1.75. The summed E-state index contributed by atoms with van der Waals surface area (Å²) in [7, 11) is 0. The maximum Gasteiger partial charge on any atom is 0.414 e. The molecule has 0 bridgehead atoms. The van der Waals surface area contributed by atoms with Crippen molar-refractivity contribution < 1.29 is 23.4 Å². The van der Waals surface area contributed by atoms with Crippen molar-refractivity contribution in [1.82, 2.24) is 0 Å². The number of hydrogen-bond donors (Lipinski definition) is 2. The van der Waals surface area contributed by atoms with E-state index in [1.54, 1.807) is 0 Å². The highest BCUT2D eigenvalue weighted by molar-refractivity contribution is 5.55. The van der Waals surface area contributed by atoms with Gasteiger partial charge in [-0.05, 0) is 23.8 Å². The molecule has 0 spiro atoms. The van der Waals surface area contributed by atoms with Crippen molar-refractivity contribution in [3.8, 4) is 5.75 Å². The SMILES string of the molecule is OC/C(=C\c1cccc(O)c1)C(F)(F)F. The molecular weight excluding hydrogens is 209 g/mol. The van der Waals surface area contributed by atoms with E-state index < -0.39 is 18.4 Å². The van der Waals surface area contributed by atoms with Gasteiger partial charge in [0.05, 0.1) is 12.2 Å². The topological polar surface area (TPSA) is 40.5 Å². The first-order chi connectivity index (χ1) is 6.93. The van der Waals surface area contributed by atoms with Crippen molar-refractivity contribution in [2.24, 2.45) is 0 Å². The van der Waals surface area contributed by atoms with Crippen molar-refractivity contribution in [3.63, 3.8) is 0 Å². The van der Waals surface area contributed by atoms with Crippen LogP contribution in [0.5, 0.6) is 5.75 Å². The highest BCUT2D eigenvalue weighted by Gasteiger charge is 2.32. The molecule has 2 N–H and O–H groups in total. The Morgan fingerprint density at radius 2 is 2.00 bits per heavy atom. The van der Waals surface area contributed by atoms with Crippen LogP contribution >= 0.6 is 0 Å². The van der Waals surface area contributed by atoms with E-state index in [0.717, 1.165) is 6.08 Å².